The minimum absolute atomic E-state index is 0.0490. The first-order valence-corrected chi connectivity index (χ1v) is 9.96. The molecule has 1 heterocycles. The van der Waals surface area contributed by atoms with Crippen LogP contribution in [0.15, 0.2) is 72.8 Å². The first-order valence-electron chi connectivity index (χ1n) is 9.96. The Balaban J connectivity index is 1.49. The molecule has 1 aliphatic heterocycles. The molecule has 146 valence electrons. The van der Waals surface area contributed by atoms with Gasteiger partial charge in [0.15, 0.2) is 0 Å². The Morgan fingerprint density at radius 2 is 1.69 bits per heavy atom. The highest BCUT2D eigenvalue weighted by atomic mass is 16.2. The molecule has 0 saturated heterocycles. The van der Waals surface area contributed by atoms with Gasteiger partial charge in [0.25, 0.3) is 5.91 Å². The lowest BCUT2D eigenvalue weighted by Gasteiger charge is -2.15. The lowest BCUT2D eigenvalue weighted by Crippen LogP contribution is -2.25. The molecule has 3 aromatic carbocycles. The summed E-state index contributed by atoms with van der Waals surface area (Å²) in [5.41, 5.74) is 5.80. The third-order valence-electron chi connectivity index (χ3n) is 5.40. The second-order valence-corrected chi connectivity index (χ2v) is 7.36. The largest absolute Gasteiger partial charge is 0.322 e. The predicted molar refractivity (Wildman–Crippen MR) is 116 cm³/mol. The fourth-order valence-electron chi connectivity index (χ4n) is 3.89. The van der Waals surface area contributed by atoms with Crippen molar-refractivity contribution in [1.29, 1.82) is 0 Å². The van der Waals surface area contributed by atoms with E-state index < -0.39 is 0 Å². The molecule has 4 rings (SSSR count). The molecule has 0 spiro atoms. The van der Waals surface area contributed by atoms with Crippen LogP contribution in [-0.2, 0) is 24.1 Å². The fourth-order valence-corrected chi connectivity index (χ4v) is 3.89. The Morgan fingerprint density at radius 1 is 0.931 bits per heavy atom. The van der Waals surface area contributed by atoms with E-state index in [0.717, 1.165) is 41.8 Å². The molecular formula is C25H24N2O2. The zero-order valence-electron chi connectivity index (χ0n) is 16.5. The summed E-state index contributed by atoms with van der Waals surface area (Å²) >= 11 is 0. The van der Waals surface area contributed by atoms with Crippen molar-refractivity contribution in [3.63, 3.8) is 0 Å². The zero-order valence-corrected chi connectivity index (χ0v) is 16.5. The van der Waals surface area contributed by atoms with E-state index in [4.69, 9.17) is 0 Å². The first-order chi connectivity index (χ1) is 14.1. The summed E-state index contributed by atoms with van der Waals surface area (Å²) in [5, 5.41) is 3.03. The van der Waals surface area contributed by atoms with Gasteiger partial charge in [-0.15, -0.1) is 0 Å². The Hall–Kier alpha value is -3.40. The number of nitrogens with zero attached hydrogens (tertiary/aromatic N) is 1. The van der Waals surface area contributed by atoms with Crippen molar-refractivity contribution in [1.82, 2.24) is 0 Å². The average molecular weight is 384 g/mol. The van der Waals surface area contributed by atoms with Crippen molar-refractivity contribution in [3.8, 4) is 0 Å². The normalized spacial score (nSPS) is 12.5. The van der Waals surface area contributed by atoms with Gasteiger partial charge in [0.2, 0.25) is 5.91 Å². The summed E-state index contributed by atoms with van der Waals surface area (Å²) in [6.45, 7) is 2.28. The van der Waals surface area contributed by atoms with E-state index in [-0.39, 0.29) is 11.8 Å². The zero-order chi connectivity index (χ0) is 20.2. The van der Waals surface area contributed by atoms with Crippen LogP contribution in [0, 0.1) is 0 Å². The molecule has 2 amide bonds. The van der Waals surface area contributed by atoms with Crippen LogP contribution in [0.4, 0.5) is 11.4 Å². The minimum Gasteiger partial charge on any atom is -0.322 e. The lowest BCUT2D eigenvalue weighted by molar-refractivity contribution is -0.116. The molecule has 0 saturated carbocycles. The number of anilines is 2. The summed E-state index contributed by atoms with van der Waals surface area (Å²) in [6, 6.07) is 23.8. The van der Waals surface area contributed by atoms with Crippen LogP contribution in [0.2, 0.25) is 0 Å². The summed E-state index contributed by atoms with van der Waals surface area (Å²) in [7, 11) is 0. The monoisotopic (exact) mass is 384 g/mol. The molecule has 0 aromatic heterocycles. The Labute approximate surface area is 171 Å². The SMILES string of the molecule is CC(=O)N1CCc2cc(NC(=O)c3ccccc3CCc3ccccc3)ccc21. The Morgan fingerprint density at radius 3 is 2.48 bits per heavy atom. The maximum Gasteiger partial charge on any atom is 0.255 e. The summed E-state index contributed by atoms with van der Waals surface area (Å²) in [5.74, 6) is -0.0529. The topological polar surface area (TPSA) is 49.4 Å². The standard InChI is InChI=1S/C25H24N2O2/c1-18(28)27-16-15-21-17-22(13-14-24(21)27)26-25(29)23-10-6-5-9-20(23)12-11-19-7-3-2-4-8-19/h2-10,13-14,17H,11-12,15-16H2,1H3,(H,26,29). The highest BCUT2D eigenvalue weighted by Crippen LogP contribution is 2.30. The number of nitrogens with one attached hydrogen (secondary N) is 1. The highest BCUT2D eigenvalue weighted by Gasteiger charge is 2.22. The molecule has 1 N–H and O–H groups in total. The van der Waals surface area contributed by atoms with Crippen molar-refractivity contribution < 1.29 is 9.59 Å². The van der Waals surface area contributed by atoms with Crippen molar-refractivity contribution in [2.75, 3.05) is 16.8 Å². The van der Waals surface area contributed by atoms with Crippen LogP contribution < -0.4 is 10.2 Å². The highest BCUT2D eigenvalue weighted by molar-refractivity contribution is 6.05. The third-order valence-corrected chi connectivity index (χ3v) is 5.40. The smallest absolute Gasteiger partial charge is 0.255 e. The van der Waals surface area contributed by atoms with E-state index in [1.54, 1.807) is 11.8 Å². The van der Waals surface area contributed by atoms with Crippen LogP contribution in [-0.4, -0.2) is 18.4 Å². The molecule has 1 aliphatic rings. The van der Waals surface area contributed by atoms with Gasteiger partial charge in [-0.2, -0.15) is 0 Å². The molecule has 0 bridgehead atoms. The lowest BCUT2D eigenvalue weighted by atomic mass is 9.99. The van der Waals surface area contributed by atoms with E-state index in [2.05, 4.69) is 17.4 Å². The van der Waals surface area contributed by atoms with E-state index in [0.29, 0.717) is 12.1 Å². The molecule has 0 fully saturated rings. The number of carbonyl (C=O) groups is 2. The first kappa shape index (κ1) is 18.9. The second kappa shape index (κ2) is 8.31. The van der Waals surface area contributed by atoms with E-state index in [9.17, 15) is 9.59 Å². The molecule has 4 nitrogen and oxygen atoms in total. The van der Waals surface area contributed by atoms with Crippen molar-refractivity contribution in [3.05, 3.63) is 95.1 Å². The van der Waals surface area contributed by atoms with E-state index in [1.807, 2.05) is 60.7 Å². The molecule has 3 aromatic rings. The van der Waals surface area contributed by atoms with Crippen LogP contribution in [0.3, 0.4) is 0 Å². The average Bonchev–Trinajstić information content (AvgIpc) is 3.17. The minimum atomic E-state index is -0.102. The van der Waals surface area contributed by atoms with Crippen LogP contribution in [0.1, 0.15) is 34.0 Å². The quantitative estimate of drug-likeness (QED) is 0.697. The Kier molecular flexibility index (Phi) is 5.43. The summed E-state index contributed by atoms with van der Waals surface area (Å²) in [6.07, 6.45) is 2.52. The molecule has 29 heavy (non-hydrogen) atoms. The van der Waals surface area contributed by atoms with Gasteiger partial charge in [0.05, 0.1) is 0 Å². The van der Waals surface area contributed by atoms with Crippen molar-refractivity contribution >= 4 is 23.2 Å². The van der Waals surface area contributed by atoms with Gasteiger partial charge in [-0.3, -0.25) is 9.59 Å². The van der Waals surface area contributed by atoms with Gasteiger partial charge in [0, 0.05) is 30.4 Å². The Bertz CT molecular complexity index is 1040. The molecule has 0 aliphatic carbocycles. The van der Waals surface area contributed by atoms with Gasteiger partial charge < -0.3 is 10.2 Å². The molecule has 0 unspecified atom stereocenters. The number of aryl methyl sites for hydroxylation is 2. The van der Waals surface area contributed by atoms with Crippen molar-refractivity contribution in [2.24, 2.45) is 0 Å². The number of fused-ring (bicyclic) bond motifs is 1. The number of hydrogen-bond donors (Lipinski definition) is 1. The molecular weight excluding hydrogens is 360 g/mol. The van der Waals surface area contributed by atoms with Gasteiger partial charge in [-0.1, -0.05) is 48.5 Å². The van der Waals surface area contributed by atoms with Gasteiger partial charge in [0.1, 0.15) is 0 Å². The van der Waals surface area contributed by atoms with Crippen molar-refractivity contribution in [2.45, 2.75) is 26.2 Å². The van der Waals surface area contributed by atoms with Crippen LogP contribution in [0.5, 0.6) is 0 Å². The van der Waals surface area contributed by atoms with Gasteiger partial charge >= 0.3 is 0 Å². The molecule has 0 atom stereocenters. The third kappa shape index (κ3) is 4.21. The number of rotatable bonds is 5. The number of hydrogen-bond acceptors (Lipinski definition) is 2. The maximum absolute atomic E-state index is 12.9. The summed E-state index contributed by atoms with van der Waals surface area (Å²) in [4.78, 5) is 26.4. The second-order valence-electron chi connectivity index (χ2n) is 7.36. The van der Waals surface area contributed by atoms with E-state index >= 15 is 0 Å². The number of carbonyl (C=O) groups excluding carboxylic acids is 2. The number of benzene rings is 3. The van der Waals surface area contributed by atoms with E-state index in [1.165, 1.54) is 5.56 Å². The van der Waals surface area contributed by atoms with Crippen LogP contribution in [0.25, 0.3) is 0 Å². The fraction of sp³-hybridized carbons (Fsp3) is 0.200. The van der Waals surface area contributed by atoms with Gasteiger partial charge in [-0.05, 0) is 60.2 Å². The molecule has 0 radical (unpaired) electrons. The van der Waals surface area contributed by atoms with Gasteiger partial charge in [-0.25, -0.2) is 0 Å². The molecule has 4 heteroatoms. The summed E-state index contributed by atoms with van der Waals surface area (Å²) < 4.78 is 0. The van der Waals surface area contributed by atoms with Crippen LogP contribution >= 0.6 is 0 Å². The predicted octanol–water partition coefficient (Wildman–Crippen LogP) is 4.63. The number of amides is 2. The maximum atomic E-state index is 12.9.